The van der Waals surface area contributed by atoms with Gasteiger partial charge >= 0.3 is 0 Å². The van der Waals surface area contributed by atoms with Gasteiger partial charge in [0.1, 0.15) is 0 Å². The van der Waals surface area contributed by atoms with Crippen molar-refractivity contribution in [3.05, 3.63) is 33.8 Å². The topological polar surface area (TPSA) is 37.4 Å². The molecule has 1 aromatic carbocycles. The van der Waals surface area contributed by atoms with Crippen LogP contribution in [-0.2, 0) is 4.79 Å². The summed E-state index contributed by atoms with van der Waals surface area (Å²) in [6, 6.07) is 5.09. The van der Waals surface area contributed by atoms with Gasteiger partial charge in [0.25, 0.3) is 0 Å². The monoisotopic (exact) mass is 497 g/mol. The molecule has 4 bridgehead atoms. The minimum absolute atomic E-state index is 0.0461. The standard InChI is InChI=1S/C23H26BrCl2NO2/c24-23-11-14-7-15(12-23)10-22(9-14,13-23)21(29)27-5-3-16(4-6-27)20(28)17-1-2-18(25)19(26)8-17/h1-2,8,14-16H,3-7,9-13H2. The van der Waals surface area contributed by atoms with Gasteiger partial charge in [-0.3, -0.25) is 9.59 Å². The van der Waals surface area contributed by atoms with Gasteiger partial charge in [0.15, 0.2) is 5.78 Å². The zero-order valence-electron chi connectivity index (χ0n) is 16.4. The third-order valence-corrected chi connectivity index (χ3v) is 9.47. The average molecular weight is 499 g/mol. The molecule has 0 aromatic heterocycles. The maximum Gasteiger partial charge on any atom is 0.228 e. The largest absolute Gasteiger partial charge is 0.342 e. The number of carbonyl (C=O) groups excluding carboxylic acids is 2. The van der Waals surface area contributed by atoms with Crippen LogP contribution < -0.4 is 0 Å². The Hall–Kier alpha value is -0.580. The number of amides is 1. The number of hydrogen-bond acceptors (Lipinski definition) is 2. The number of rotatable bonds is 3. The van der Waals surface area contributed by atoms with E-state index in [1.807, 2.05) is 0 Å². The van der Waals surface area contributed by atoms with E-state index in [2.05, 4.69) is 20.8 Å². The number of Topliss-reactive ketones (excluding diaryl/α,β-unsaturated/α-hetero) is 1. The van der Waals surface area contributed by atoms with E-state index in [1.165, 1.54) is 19.3 Å². The van der Waals surface area contributed by atoms with Gasteiger partial charge in [0.05, 0.1) is 15.5 Å². The molecule has 156 valence electrons. The molecular formula is C23H26BrCl2NO2. The molecule has 6 rings (SSSR count). The summed E-state index contributed by atoms with van der Waals surface area (Å²) in [6.45, 7) is 1.37. The number of benzene rings is 1. The van der Waals surface area contributed by atoms with E-state index in [4.69, 9.17) is 23.2 Å². The number of hydrogen-bond donors (Lipinski definition) is 0. The van der Waals surface area contributed by atoms with Crippen LogP contribution in [-0.4, -0.2) is 34.0 Å². The second kappa shape index (κ2) is 7.24. The highest BCUT2D eigenvalue weighted by Gasteiger charge is 2.60. The van der Waals surface area contributed by atoms with Crippen LogP contribution in [0, 0.1) is 23.2 Å². The van der Waals surface area contributed by atoms with Crippen LogP contribution in [0.15, 0.2) is 18.2 Å². The Morgan fingerprint density at radius 3 is 2.24 bits per heavy atom. The number of halogens is 3. The lowest BCUT2D eigenvalue weighted by atomic mass is 9.49. The fourth-order valence-corrected chi connectivity index (χ4v) is 8.72. The molecule has 0 N–H and O–H groups in total. The van der Waals surface area contributed by atoms with E-state index in [0.29, 0.717) is 46.4 Å². The summed E-state index contributed by atoms with van der Waals surface area (Å²) < 4.78 is 0.189. The highest BCUT2D eigenvalue weighted by Crippen LogP contribution is 2.64. The zero-order chi connectivity index (χ0) is 20.4. The number of likely N-dealkylation sites (tertiary alicyclic amines) is 1. The van der Waals surface area contributed by atoms with Crippen molar-refractivity contribution in [2.24, 2.45) is 23.2 Å². The second-order valence-electron chi connectivity index (χ2n) is 9.95. The summed E-state index contributed by atoms with van der Waals surface area (Å²) >= 11 is 16.1. The van der Waals surface area contributed by atoms with Crippen LogP contribution >= 0.6 is 39.1 Å². The maximum absolute atomic E-state index is 13.6. The second-order valence-corrected chi connectivity index (χ2v) is 12.4. The molecule has 1 amide bonds. The Balaban J connectivity index is 1.25. The molecule has 5 aliphatic rings. The molecule has 1 saturated heterocycles. The molecule has 6 heteroatoms. The molecule has 1 aliphatic heterocycles. The predicted octanol–water partition coefficient (Wildman–Crippen LogP) is 6.15. The quantitative estimate of drug-likeness (QED) is 0.370. The Morgan fingerprint density at radius 1 is 1.00 bits per heavy atom. The van der Waals surface area contributed by atoms with Crippen molar-refractivity contribution in [3.63, 3.8) is 0 Å². The minimum atomic E-state index is -0.159. The number of nitrogens with zero attached hydrogens (tertiary/aromatic N) is 1. The smallest absolute Gasteiger partial charge is 0.228 e. The Kier molecular flexibility index (Phi) is 5.07. The van der Waals surface area contributed by atoms with Gasteiger partial charge in [-0.15, -0.1) is 0 Å². The molecule has 2 atom stereocenters. The SMILES string of the molecule is O=C(c1ccc(Cl)c(Cl)c1)C1CCN(C(=O)C23CC4CC(CC(Br)(C4)C2)C3)CC1. The molecule has 2 unspecified atom stereocenters. The van der Waals surface area contributed by atoms with E-state index in [-0.39, 0.29) is 21.4 Å². The molecule has 0 radical (unpaired) electrons. The number of piperidine rings is 1. The van der Waals surface area contributed by atoms with Crippen molar-refractivity contribution in [2.45, 2.75) is 55.7 Å². The molecule has 1 heterocycles. The van der Waals surface area contributed by atoms with E-state index < -0.39 is 0 Å². The van der Waals surface area contributed by atoms with Crippen molar-refractivity contribution in [2.75, 3.05) is 13.1 Å². The van der Waals surface area contributed by atoms with Crippen molar-refractivity contribution < 1.29 is 9.59 Å². The highest BCUT2D eigenvalue weighted by atomic mass is 79.9. The fourth-order valence-electron chi connectivity index (χ4n) is 6.97. The van der Waals surface area contributed by atoms with E-state index in [1.54, 1.807) is 18.2 Å². The summed E-state index contributed by atoms with van der Waals surface area (Å²) in [7, 11) is 0. The van der Waals surface area contributed by atoms with Crippen LogP contribution in [0.25, 0.3) is 0 Å². The fraction of sp³-hybridized carbons (Fsp3) is 0.652. The molecular weight excluding hydrogens is 473 g/mol. The van der Waals surface area contributed by atoms with Gasteiger partial charge in [-0.05, 0) is 81.4 Å². The Labute approximate surface area is 190 Å². The first-order chi connectivity index (χ1) is 13.8. The first-order valence-electron chi connectivity index (χ1n) is 10.7. The zero-order valence-corrected chi connectivity index (χ0v) is 19.5. The van der Waals surface area contributed by atoms with Crippen LogP contribution in [0.5, 0.6) is 0 Å². The molecule has 1 aromatic rings. The van der Waals surface area contributed by atoms with E-state index in [9.17, 15) is 9.59 Å². The molecule has 4 aliphatic carbocycles. The molecule has 29 heavy (non-hydrogen) atoms. The average Bonchev–Trinajstić information content (AvgIpc) is 2.67. The summed E-state index contributed by atoms with van der Waals surface area (Å²) in [4.78, 5) is 28.6. The Bertz CT molecular complexity index is 850. The van der Waals surface area contributed by atoms with Gasteiger partial charge in [0, 0.05) is 28.9 Å². The lowest BCUT2D eigenvalue weighted by molar-refractivity contribution is -0.156. The molecule has 0 spiro atoms. The maximum atomic E-state index is 13.6. The predicted molar refractivity (Wildman–Crippen MR) is 119 cm³/mol. The van der Waals surface area contributed by atoms with E-state index >= 15 is 0 Å². The van der Waals surface area contributed by atoms with Gasteiger partial charge in [-0.1, -0.05) is 39.1 Å². The molecule has 5 fully saturated rings. The first kappa shape index (κ1) is 20.3. The van der Waals surface area contributed by atoms with Crippen LogP contribution in [0.3, 0.4) is 0 Å². The summed E-state index contributed by atoms with van der Waals surface area (Å²) in [5.41, 5.74) is 0.459. The minimum Gasteiger partial charge on any atom is -0.342 e. The van der Waals surface area contributed by atoms with Crippen molar-refractivity contribution in [1.82, 2.24) is 4.90 Å². The van der Waals surface area contributed by atoms with Gasteiger partial charge in [-0.25, -0.2) is 0 Å². The lowest BCUT2D eigenvalue weighted by Gasteiger charge is -2.60. The Morgan fingerprint density at radius 2 is 1.66 bits per heavy atom. The summed E-state index contributed by atoms with van der Waals surface area (Å²) in [5.74, 6) is 1.83. The third-order valence-electron chi connectivity index (χ3n) is 7.80. The van der Waals surface area contributed by atoms with Crippen LogP contribution in [0.1, 0.15) is 61.7 Å². The first-order valence-corrected chi connectivity index (χ1v) is 12.3. The number of ketones is 1. The van der Waals surface area contributed by atoms with Crippen molar-refractivity contribution >= 4 is 50.8 Å². The highest BCUT2D eigenvalue weighted by molar-refractivity contribution is 9.10. The molecule has 3 nitrogen and oxygen atoms in total. The summed E-state index contributed by atoms with van der Waals surface area (Å²) in [6.07, 6.45) is 8.37. The van der Waals surface area contributed by atoms with Gasteiger partial charge in [0.2, 0.25) is 5.91 Å². The third kappa shape index (κ3) is 3.57. The summed E-state index contributed by atoms with van der Waals surface area (Å²) in [5, 5.41) is 0.874. The van der Waals surface area contributed by atoms with Crippen LogP contribution in [0.4, 0.5) is 0 Å². The van der Waals surface area contributed by atoms with Crippen LogP contribution in [0.2, 0.25) is 10.0 Å². The lowest BCUT2D eigenvalue weighted by Crippen LogP contribution is -2.59. The molecule has 4 saturated carbocycles. The van der Waals surface area contributed by atoms with Gasteiger partial charge in [-0.2, -0.15) is 0 Å². The van der Waals surface area contributed by atoms with Crippen molar-refractivity contribution in [1.29, 1.82) is 0 Å². The normalized spacial score (nSPS) is 36.4. The van der Waals surface area contributed by atoms with Crippen molar-refractivity contribution in [3.8, 4) is 0 Å². The number of alkyl halides is 1. The number of carbonyl (C=O) groups is 2. The van der Waals surface area contributed by atoms with E-state index in [0.717, 1.165) is 32.1 Å². The van der Waals surface area contributed by atoms with Gasteiger partial charge < -0.3 is 4.90 Å².